The van der Waals surface area contributed by atoms with Gasteiger partial charge in [0.15, 0.2) is 0 Å². The van der Waals surface area contributed by atoms with Crippen LogP contribution in [-0.4, -0.2) is 30.9 Å². The van der Waals surface area contributed by atoms with E-state index in [4.69, 9.17) is 0 Å². The zero-order valence-electron chi connectivity index (χ0n) is 17.2. The summed E-state index contributed by atoms with van der Waals surface area (Å²) in [6.07, 6.45) is 1.97. The Morgan fingerprint density at radius 2 is 1.70 bits per heavy atom. The first-order valence-electron chi connectivity index (χ1n) is 9.84. The van der Waals surface area contributed by atoms with Gasteiger partial charge in [0.05, 0.1) is 6.54 Å². The quantitative estimate of drug-likeness (QED) is 0.416. The van der Waals surface area contributed by atoms with Crippen LogP contribution in [0.5, 0.6) is 0 Å². The first-order valence-corrected chi connectivity index (χ1v) is 10.6. The van der Waals surface area contributed by atoms with Crippen molar-refractivity contribution < 1.29 is 14.4 Å². The van der Waals surface area contributed by atoms with Crippen molar-refractivity contribution in [2.75, 3.05) is 18.4 Å². The molecule has 0 saturated heterocycles. The van der Waals surface area contributed by atoms with Crippen LogP contribution in [0.4, 0.5) is 10.5 Å². The fourth-order valence-corrected chi connectivity index (χ4v) is 3.10. The fraction of sp³-hybridized carbons (Fsp3) is 0.318. The normalized spacial score (nSPS) is 10.2. The number of urea groups is 1. The van der Waals surface area contributed by atoms with Crippen LogP contribution in [0.15, 0.2) is 46.9 Å². The summed E-state index contributed by atoms with van der Waals surface area (Å²) < 4.78 is 0.931. The Bertz CT molecular complexity index is 884. The highest BCUT2D eigenvalue weighted by Crippen LogP contribution is 2.19. The summed E-state index contributed by atoms with van der Waals surface area (Å²) in [5.41, 5.74) is 3.05. The Balaban J connectivity index is 1.72. The Morgan fingerprint density at radius 1 is 0.967 bits per heavy atom. The Morgan fingerprint density at radius 3 is 2.37 bits per heavy atom. The van der Waals surface area contributed by atoms with Crippen molar-refractivity contribution in [3.8, 4) is 0 Å². The lowest BCUT2D eigenvalue weighted by atomic mass is 10.1. The molecular weight excluding hydrogens is 448 g/mol. The van der Waals surface area contributed by atoms with Gasteiger partial charge in [0.25, 0.3) is 5.91 Å². The second-order valence-corrected chi connectivity index (χ2v) is 7.77. The second-order valence-electron chi connectivity index (χ2n) is 6.85. The van der Waals surface area contributed by atoms with Crippen LogP contribution in [0.1, 0.15) is 41.3 Å². The van der Waals surface area contributed by atoms with Gasteiger partial charge in [0.2, 0.25) is 5.91 Å². The summed E-state index contributed by atoms with van der Waals surface area (Å²) in [4.78, 5) is 35.9. The minimum absolute atomic E-state index is 0.104. The molecule has 0 radical (unpaired) electrons. The highest BCUT2D eigenvalue weighted by Gasteiger charge is 2.08. The summed E-state index contributed by atoms with van der Waals surface area (Å²) >= 11 is 3.37. The zero-order valence-corrected chi connectivity index (χ0v) is 18.8. The van der Waals surface area contributed by atoms with Crippen molar-refractivity contribution in [3.05, 3.63) is 63.6 Å². The summed E-state index contributed by atoms with van der Waals surface area (Å²) in [5, 5.41) is 10.8. The molecule has 2 rings (SSSR count). The molecule has 8 heteroatoms. The minimum atomic E-state index is -0.445. The monoisotopic (exact) mass is 474 g/mol. The maximum absolute atomic E-state index is 12.0. The molecule has 30 heavy (non-hydrogen) atoms. The van der Waals surface area contributed by atoms with E-state index in [0.29, 0.717) is 17.8 Å². The molecule has 0 aliphatic rings. The predicted octanol–water partition coefficient (Wildman–Crippen LogP) is 3.73. The molecule has 0 aliphatic carbocycles. The van der Waals surface area contributed by atoms with Crippen LogP contribution < -0.4 is 21.3 Å². The molecule has 0 fully saturated rings. The van der Waals surface area contributed by atoms with Crippen molar-refractivity contribution >= 4 is 39.5 Å². The number of unbranched alkanes of at least 4 members (excludes halogenated alkanes) is 1. The summed E-state index contributed by atoms with van der Waals surface area (Å²) in [7, 11) is 0. The van der Waals surface area contributed by atoms with Gasteiger partial charge in [-0.1, -0.05) is 41.4 Å². The molecule has 160 valence electrons. The number of anilines is 1. The lowest BCUT2D eigenvalue weighted by Gasteiger charge is -2.11. The van der Waals surface area contributed by atoms with Crippen molar-refractivity contribution in [3.63, 3.8) is 0 Å². The van der Waals surface area contributed by atoms with Gasteiger partial charge < -0.3 is 21.3 Å². The molecular formula is C22H27BrN4O3. The van der Waals surface area contributed by atoms with Gasteiger partial charge >= 0.3 is 6.03 Å². The number of carbonyl (C=O) groups excluding carboxylic acids is 3. The number of carbonyl (C=O) groups is 3. The lowest BCUT2D eigenvalue weighted by molar-refractivity contribution is -0.115. The highest BCUT2D eigenvalue weighted by atomic mass is 79.9. The van der Waals surface area contributed by atoms with Crippen molar-refractivity contribution in [2.45, 2.75) is 33.2 Å². The smallest absolute Gasteiger partial charge is 0.315 e. The maximum Gasteiger partial charge on any atom is 0.315 e. The Kier molecular flexibility index (Phi) is 9.34. The van der Waals surface area contributed by atoms with E-state index in [1.807, 2.05) is 19.1 Å². The molecule has 0 aliphatic heterocycles. The van der Waals surface area contributed by atoms with Crippen LogP contribution in [0.3, 0.4) is 0 Å². The number of halogens is 1. The molecule has 2 aromatic carbocycles. The second kappa shape index (κ2) is 12.0. The first kappa shape index (κ1) is 23.4. The van der Waals surface area contributed by atoms with Gasteiger partial charge in [-0.3, -0.25) is 9.59 Å². The molecule has 4 amide bonds. The van der Waals surface area contributed by atoms with E-state index in [1.54, 1.807) is 30.3 Å². The SMILES string of the molecule is CCCCNC(=O)c1ccc(CNC(=O)NCC(=O)Nc2ccc(Br)cc2C)cc1. The van der Waals surface area contributed by atoms with Gasteiger partial charge in [-0.05, 0) is 54.8 Å². The number of hydrogen-bond acceptors (Lipinski definition) is 3. The average Bonchev–Trinajstić information content (AvgIpc) is 2.73. The van der Waals surface area contributed by atoms with Crippen LogP contribution in [0.25, 0.3) is 0 Å². The lowest BCUT2D eigenvalue weighted by Crippen LogP contribution is -2.39. The van der Waals surface area contributed by atoms with Gasteiger partial charge in [-0.2, -0.15) is 0 Å². The van der Waals surface area contributed by atoms with E-state index in [1.165, 1.54) is 0 Å². The molecule has 0 heterocycles. The first-order chi connectivity index (χ1) is 14.4. The number of amides is 4. The average molecular weight is 475 g/mol. The minimum Gasteiger partial charge on any atom is -0.352 e. The highest BCUT2D eigenvalue weighted by molar-refractivity contribution is 9.10. The van der Waals surface area contributed by atoms with Crippen LogP contribution in [-0.2, 0) is 11.3 Å². The molecule has 2 aromatic rings. The zero-order chi connectivity index (χ0) is 21.9. The summed E-state index contributed by atoms with van der Waals surface area (Å²) in [6, 6.07) is 12.1. The maximum atomic E-state index is 12.0. The molecule has 0 aromatic heterocycles. The number of benzene rings is 2. The van der Waals surface area contributed by atoms with Crippen molar-refractivity contribution in [1.82, 2.24) is 16.0 Å². The number of nitrogens with one attached hydrogen (secondary N) is 4. The van der Waals surface area contributed by atoms with Gasteiger partial charge in [0.1, 0.15) is 0 Å². The fourth-order valence-electron chi connectivity index (χ4n) is 2.62. The summed E-state index contributed by atoms with van der Waals surface area (Å²) in [5.74, 6) is -0.415. The Hall–Kier alpha value is -2.87. The summed E-state index contributed by atoms with van der Waals surface area (Å²) in [6.45, 7) is 4.77. The number of rotatable bonds is 9. The van der Waals surface area contributed by atoms with Crippen LogP contribution in [0.2, 0.25) is 0 Å². The topological polar surface area (TPSA) is 99.3 Å². The third-order valence-electron chi connectivity index (χ3n) is 4.36. The molecule has 0 unspecified atom stereocenters. The molecule has 0 bridgehead atoms. The number of aryl methyl sites for hydroxylation is 1. The van der Waals surface area contributed by atoms with Crippen LogP contribution >= 0.6 is 15.9 Å². The molecule has 0 saturated carbocycles. The standard InChI is InChI=1S/C22H27BrN4O3/c1-3-4-11-24-21(29)17-7-5-16(6-8-17)13-25-22(30)26-14-20(28)27-19-10-9-18(23)12-15(19)2/h5-10,12H,3-4,11,13-14H2,1-2H3,(H,24,29)(H,27,28)(H2,25,26,30). The third-order valence-corrected chi connectivity index (χ3v) is 4.85. The van der Waals surface area contributed by atoms with Gasteiger partial charge in [0, 0.05) is 28.8 Å². The van der Waals surface area contributed by atoms with E-state index in [9.17, 15) is 14.4 Å². The largest absolute Gasteiger partial charge is 0.352 e. The van der Waals surface area contributed by atoms with E-state index in [2.05, 4.69) is 44.1 Å². The molecule has 4 N–H and O–H groups in total. The van der Waals surface area contributed by atoms with Gasteiger partial charge in [-0.15, -0.1) is 0 Å². The van der Waals surface area contributed by atoms with Crippen molar-refractivity contribution in [1.29, 1.82) is 0 Å². The number of hydrogen-bond donors (Lipinski definition) is 4. The predicted molar refractivity (Wildman–Crippen MR) is 121 cm³/mol. The van der Waals surface area contributed by atoms with E-state index >= 15 is 0 Å². The van der Waals surface area contributed by atoms with Crippen LogP contribution in [0, 0.1) is 6.92 Å². The van der Waals surface area contributed by atoms with E-state index in [-0.39, 0.29) is 24.9 Å². The van der Waals surface area contributed by atoms with Crippen molar-refractivity contribution in [2.24, 2.45) is 0 Å². The molecule has 7 nitrogen and oxygen atoms in total. The third kappa shape index (κ3) is 7.87. The van der Waals surface area contributed by atoms with E-state index in [0.717, 1.165) is 28.4 Å². The molecule has 0 atom stereocenters. The Labute approximate surface area is 185 Å². The van der Waals surface area contributed by atoms with Gasteiger partial charge in [-0.25, -0.2) is 4.79 Å². The molecule has 0 spiro atoms. The van der Waals surface area contributed by atoms with E-state index < -0.39 is 6.03 Å².